The van der Waals surface area contributed by atoms with Crippen LogP contribution in [-0.2, 0) is 4.79 Å². The molecule has 2 aromatic carbocycles. The van der Waals surface area contributed by atoms with Gasteiger partial charge in [0.25, 0.3) is 0 Å². The summed E-state index contributed by atoms with van der Waals surface area (Å²) < 4.78 is 1.93. The Morgan fingerprint density at radius 2 is 1.79 bits per heavy atom. The van der Waals surface area contributed by atoms with Crippen LogP contribution in [0.15, 0.2) is 53.7 Å². The number of benzene rings is 2. The van der Waals surface area contributed by atoms with Crippen molar-refractivity contribution in [2.24, 2.45) is 0 Å². The smallest absolute Gasteiger partial charge is 0.233 e. The summed E-state index contributed by atoms with van der Waals surface area (Å²) in [4.78, 5) is 14.4. The van der Waals surface area contributed by atoms with Gasteiger partial charge >= 0.3 is 0 Å². The average molecular weight is 433 g/mol. The van der Waals surface area contributed by atoms with Crippen molar-refractivity contribution >= 4 is 40.9 Å². The fourth-order valence-electron chi connectivity index (χ4n) is 3.20. The highest BCUT2D eigenvalue weighted by molar-refractivity contribution is 7.99. The van der Waals surface area contributed by atoms with Crippen LogP contribution < -0.4 is 0 Å². The minimum atomic E-state index is 0.135. The molecule has 1 aliphatic heterocycles. The zero-order chi connectivity index (χ0) is 19.5. The first-order valence-electron chi connectivity index (χ1n) is 9.00. The van der Waals surface area contributed by atoms with Gasteiger partial charge in [-0.25, -0.2) is 0 Å². The van der Waals surface area contributed by atoms with Crippen molar-refractivity contribution < 1.29 is 4.79 Å². The van der Waals surface area contributed by atoms with E-state index < -0.39 is 0 Å². The number of para-hydroxylation sites is 1. The van der Waals surface area contributed by atoms with Gasteiger partial charge in [-0.3, -0.25) is 9.36 Å². The van der Waals surface area contributed by atoms with E-state index in [1.165, 1.54) is 11.8 Å². The van der Waals surface area contributed by atoms with Gasteiger partial charge in [-0.2, -0.15) is 0 Å². The number of halogens is 2. The topological polar surface area (TPSA) is 51.0 Å². The Bertz CT molecular complexity index is 987. The third kappa shape index (κ3) is 4.04. The van der Waals surface area contributed by atoms with Crippen LogP contribution >= 0.6 is 35.0 Å². The molecule has 2 heterocycles. The molecule has 0 atom stereocenters. The summed E-state index contributed by atoms with van der Waals surface area (Å²) in [5.74, 6) is 1.08. The van der Waals surface area contributed by atoms with Gasteiger partial charge in [0.1, 0.15) is 0 Å². The van der Waals surface area contributed by atoms with Gasteiger partial charge in [0, 0.05) is 29.4 Å². The van der Waals surface area contributed by atoms with Gasteiger partial charge in [-0.1, -0.05) is 53.2 Å². The van der Waals surface area contributed by atoms with Crippen molar-refractivity contribution in [1.29, 1.82) is 0 Å². The van der Waals surface area contributed by atoms with E-state index >= 15 is 0 Å². The lowest BCUT2D eigenvalue weighted by Gasteiger charge is -2.15. The molecule has 0 bridgehead atoms. The van der Waals surface area contributed by atoms with Gasteiger partial charge in [0.15, 0.2) is 11.0 Å². The third-order valence-electron chi connectivity index (χ3n) is 4.60. The summed E-state index contributed by atoms with van der Waals surface area (Å²) in [5.41, 5.74) is 1.64. The summed E-state index contributed by atoms with van der Waals surface area (Å²) >= 11 is 13.8. The highest BCUT2D eigenvalue weighted by Gasteiger charge is 2.22. The Morgan fingerprint density at radius 3 is 2.50 bits per heavy atom. The first kappa shape index (κ1) is 19.3. The predicted octanol–water partition coefficient (Wildman–Crippen LogP) is 4.96. The summed E-state index contributed by atoms with van der Waals surface area (Å²) in [5, 5.41) is 10.4. The van der Waals surface area contributed by atoms with E-state index in [0.29, 0.717) is 26.8 Å². The molecule has 0 radical (unpaired) electrons. The Kier molecular flexibility index (Phi) is 5.90. The number of aromatic nitrogens is 3. The maximum Gasteiger partial charge on any atom is 0.233 e. The van der Waals surface area contributed by atoms with Crippen LogP contribution in [0.3, 0.4) is 0 Å². The summed E-state index contributed by atoms with van der Waals surface area (Å²) in [6, 6.07) is 15.1. The number of carbonyl (C=O) groups excluding carboxylic acids is 1. The van der Waals surface area contributed by atoms with Crippen molar-refractivity contribution in [3.8, 4) is 17.1 Å². The highest BCUT2D eigenvalue weighted by atomic mass is 35.5. The lowest BCUT2D eigenvalue weighted by atomic mass is 10.2. The fraction of sp³-hybridized carbons (Fsp3) is 0.250. The Hall–Kier alpha value is -2.02. The molecule has 1 amide bonds. The fourth-order valence-corrected chi connectivity index (χ4v) is 4.55. The van der Waals surface area contributed by atoms with Gasteiger partial charge in [0.05, 0.1) is 10.8 Å². The molecule has 0 unspecified atom stereocenters. The maximum absolute atomic E-state index is 12.4. The molecule has 1 fully saturated rings. The van der Waals surface area contributed by atoms with Gasteiger partial charge < -0.3 is 4.90 Å². The summed E-state index contributed by atoms with van der Waals surface area (Å²) in [6.07, 6.45) is 2.16. The summed E-state index contributed by atoms with van der Waals surface area (Å²) in [6.45, 7) is 1.69. The minimum absolute atomic E-state index is 0.135. The number of likely N-dealkylation sites (tertiary alicyclic amines) is 1. The van der Waals surface area contributed by atoms with E-state index in [4.69, 9.17) is 23.2 Å². The molecule has 5 nitrogen and oxygen atoms in total. The van der Waals surface area contributed by atoms with E-state index in [1.807, 2.05) is 45.9 Å². The second kappa shape index (κ2) is 8.55. The molecule has 0 N–H and O–H groups in total. The van der Waals surface area contributed by atoms with Crippen LogP contribution in [0.25, 0.3) is 17.1 Å². The molecule has 28 heavy (non-hydrogen) atoms. The number of hydrogen-bond donors (Lipinski definition) is 0. The number of carbonyl (C=O) groups is 1. The van der Waals surface area contributed by atoms with E-state index in [-0.39, 0.29) is 5.91 Å². The number of rotatable bonds is 5. The van der Waals surface area contributed by atoms with Crippen LogP contribution in [0.4, 0.5) is 0 Å². The zero-order valence-corrected chi connectivity index (χ0v) is 17.3. The molecule has 144 valence electrons. The molecule has 1 saturated heterocycles. The molecule has 3 aromatic rings. The number of hydrogen-bond acceptors (Lipinski definition) is 4. The van der Waals surface area contributed by atoms with Crippen molar-refractivity contribution in [3.05, 3.63) is 58.6 Å². The lowest BCUT2D eigenvalue weighted by molar-refractivity contribution is -0.127. The molecular formula is C20H18Cl2N4OS. The van der Waals surface area contributed by atoms with Crippen molar-refractivity contribution in [2.75, 3.05) is 18.8 Å². The number of nitrogens with zero attached hydrogens (tertiary/aromatic N) is 4. The molecule has 8 heteroatoms. The first-order valence-corrected chi connectivity index (χ1v) is 10.7. The van der Waals surface area contributed by atoms with Crippen LogP contribution in [0.1, 0.15) is 12.8 Å². The molecule has 0 spiro atoms. The highest BCUT2D eigenvalue weighted by Crippen LogP contribution is 2.33. The predicted molar refractivity (Wildman–Crippen MR) is 113 cm³/mol. The van der Waals surface area contributed by atoms with Crippen molar-refractivity contribution in [1.82, 2.24) is 19.7 Å². The SMILES string of the molecule is O=C(CSc1nnc(-c2ccc(Cl)cc2Cl)n1-c1ccccc1)N1CCCC1. The zero-order valence-electron chi connectivity index (χ0n) is 15.0. The van der Waals surface area contributed by atoms with Gasteiger partial charge in [-0.15, -0.1) is 10.2 Å². The van der Waals surface area contributed by atoms with Gasteiger partial charge in [-0.05, 0) is 43.2 Å². The van der Waals surface area contributed by atoms with Crippen LogP contribution in [0.5, 0.6) is 0 Å². The van der Waals surface area contributed by atoms with E-state index in [1.54, 1.807) is 12.1 Å². The van der Waals surface area contributed by atoms with Crippen molar-refractivity contribution in [3.63, 3.8) is 0 Å². The second-order valence-electron chi connectivity index (χ2n) is 6.48. The van der Waals surface area contributed by atoms with Crippen molar-refractivity contribution in [2.45, 2.75) is 18.0 Å². The molecule has 0 aliphatic carbocycles. The largest absolute Gasteiger partial charge is 0.342 e. The molecule has 1 aromatic heterocycles. The normalized spacial score (nSPS) is 13.9. The van der Waals surface area contributed by atoms with Crippen LogP contribution in [0.2, 0.25) is 10.0 Å². The third-order valence-corrected chi connectivity index (χ3v) is 6.06. The molecule has 1 aliphatic rings. The van der Waals surface area contributed by atoms with E-state index in [9.17, 15) is 4.79 Å². The second-order valence-corrected chi connectivity index (χ2v) is 8.26. The monoisotopic (exact) mass is 432 g/mol. The molecule has 0 saturated carbocycles. The Labute approximate surface area is 177 Å². The van der Waals surface area contributed by atoms with Gasteiger partial charge in [0.2, 0.25) is 5.91 Å². The van der Waals surface area contributed by atoms with E-state index in [2.05, 4.69) is 10.2 Å². The van der Waals surface area contributed by atoms with Crippen LogP contribution in [-0.4, -0.2) is 44.4 Å². The number of thioether (sulfide) groups is 1. The molecule has 4 rings (SSSR count). The molecular weight excluding hydrogens is 415 g/mol. The number of amides is 1. The van der Waals surface area contributed by atoms with E-state index in [0.717, 1.165) is 37.2 Å². The lowest BCUT2D eigenvalue weighted by Crippen LogP contribution is -2.29. The first-order chi connectivity index (χ1) is 13.6. The quantitative estimate of drug-likeness (QED) is 0.534. The maximum atomic E-state index is 12.4. The standard InChI is InChI=1S/C20H18Cl2N4OS/c21-14-8-9-16(17(22)12-14)19-23-24-20(26(19)15-6-2-1-3-7-15)28-13-18(27)25-10-4-5-11-25/h1-3,6-9,12H,4-5,10-11,13H2. The Morgan fingerprint density at radius 1 is 1.04 bits per heavy atom. The Balaban J connectivity index is 1.68. The summed E-state index contributed by atoms with van der Waals surface area (Å²) in [7, 11) is 0. The minimum Gasteiger partial charge on any atom is -0.342 e. The average Bonchev–Trinajstić information content (AvgIpc) is 3.37. The van der Waals surface area contributed by atoms with Crippen LogP contribution in [0, 0.1) is 0 Å².